The van der Waals surface area contributed by atoms with Crippen molar-refractivity contribution in [2.24, 2.45) is 0 Å². The molecule has 1 heterocycles. The minimum Gasteiger partial charge on any atom is -0.508 e. The summed E-state index contributed by atoms with van der Waals surface area (Å²) >= 11 is 0. The monoisotopic (exact) mass is 330 g/mol. The number of aliphatic hydroxyl groups excluding tert-OH is 2. The third-order valence-electron chi connectivity index (χ3n) is 4.46. The van der Waals surface area contributed by atoms with E-state index in [2.05, 4.69) is 0 Å². The summed E-state index contributed by atoms with van der Waals surface area (Å²) in [6.07, 6.45) is -0.760. The number of ether oxygens (including phenoxy) is 1. The third-order valence-corrected chi connectivity index (χ3v) is 4.46. The number of aryl methyl sites for hydroxylation is 1. The van der Waals surface area contributed by atoms with Gasteiger partial charge in [0.25, 0.3) is 0 Å². The zero-order valence-corrected chi connectivity index (χ0v) is 13.2. The molecule has 0 aliphatic carbocycles. The van der Waals surface area contributed by atoms with Gasteiger partial charge in [0.1, 0.15) is 23.7 Å². The van der Waals surface area contributed by atoms with Crippen LogP contribution in [0, 0.1) is 0 Å². The van der Waals surface area contributed by atoms with Gasteiger partial charge >= 0.3 is 0 Å². The molecule has 2 aromatic carbocycles. The van der Waals surface area contributed by atoms with Crippen LogP contribution in [0.15, 0.2) is 48.5 Å². The first-order chi connectivity index (χ1) is 11.5. The molecule has 4 atom stereocenters. The first-order valence-corrected chi connectivity index (χ1v) is 8.11. The number of hydrogen-bond donors (Lipinski definition) is 4. The Balaban J connectivity index is 1.66. The van der Waals surface area contributed by atoms with Crippen LogP contribution in [0.5, 0.6) is 11.5 Å². The van der Waals surface area contributed by atoms with Gasteiger partial charge in [-0.05, 0) is 48.2 Å². The fraction of sp³-hybridized carbons (Fsp3) is 0.368. The number of aromatic hydroxyl groups is 2. The van der Waals surface area contributed by atoms with Gasteiger partial charge in [-0.15, -0.1) is 0 Å². The minimum absolute atomic E-state index is 0.147. The smallest absolute Gasteiger partial charge is 0.115 e. The van der Waals surface area contributed by atoms with E-state index in [0.29, 0.717) is 12.8 Å². The Hall–Kier alpha value is -2.08. The molecule has 0 bridgehead atoms. The number of benzene rings is 2. The van der Waals surface area contributed by atoms with Gasteiger partial charge in [-0.25, -0.2) is 0 Å². The summed E-state index contributed by atoms with van der Waals surface area (Å²) in [6.45, 7) is 0. The largest absolute Gasteiger partial charge is 0.508 e. The lowest BCUT2D eigenvalue weighted by Gasteiger charge is -2.37. The molecule has 0 saturated carbocycles. The number of aliphatic hydroxyl groups is 2. The molecule has 0 unspecified atom stereocenters. The average Bonchev–Trinajstić information content (AvgIpc) is 2.58. The van der Waals surface area contributed by atoms with E-state index in [1.165, 1.54) is 12.1 Å². The number of rotatable bonds is 4. The van der Waals surface area contributed by atoms with Crippen LogP contribution < -0.4 is 0 Å². The maximum Gasteiger partial charge on any atom is 0.115 e. The van der Waals surface area contributed by atoms with Gasteiger partial charge < -0.3 is 25.2 Å². The molecule has 24 heavy (non-hydrogen) atoms. The molecule has 1 aliphatic rings. The topological polar surface area (TPSA) is 90.2 Å². The van der Waals surface area contributed by atoms with E-state index in [0.717, 1.165) is 17.5 Å². The molecule has 5 heteroatoms. The lowest BCUT2D eigenvalue weighted by atomic mass is 9.91. The molecule has 1 fully saturated rings. The van der Waals surface area contributed by atoms with E-state index < -0.39 is 18.3 Å². The molecule has 5 nitrogen and oxygen atoms in total. The molecule has 1 aliphatic heterocycles. The van der Waals surface area contributed by atoms with Gasteiger partial charge in [0.05, 0.1) is 12.2 Å². The number of hydrogen-bond acceptors (Lipinski definition) is 5. The molecular weight excluding hydrogens is 308 g/mol. The highest BCUT2D eigenvalue weighted by Gasteiger charge is 2.37. The molecule has 4 N–H and O–H groups in total. The highest BCUT2D eigenvalue weighted by atomic mass is 16.5. The SMILES string of the molecule is Oc1ccc(CC[C@H]2C[C@@H](O)[C@H](O)[C@@H](c3ccc(O)cc3)O2)cc1. The van der Waals surface area contributed by atoms with Gasteiger partial charge in [0, 0.05) is 6.42 Å². The highest BCUT2D eigenvalue weighted by Crippen LogP contribution is 2.34. The van der Waals surface area contributed by atoms with E-state index in [-0.39, 0.29) is 17.6 Å². The van der Waals surface area contributed by atoms with E-state index in [4.69, 9.17) is 4.74 Å². The van der Waals surface area contributed by atoms with Crippen LogP contribution in [-0.2, 0) is 11.2 Å². The third kappa shape index (κ3) is 3.87. The van der Waals surface area contributed by atoms with Crippen LogP contribution in [0.2, 0.25) is 0 Å². The normalized spacial score (nSPS) is 27.1. The fourth-order valence-electron chi connectivity index (χ4n) is 3.07. The summed E-state index contributed by atoms with van der Waals surface area (Å²) in [5.41, 5.74) is 1.81. The molecule has 1 saturated heterocycles. The Morgan fingerprint density at radius 2 is 1.46 bits per heavy atom. The maximum atomic E-state index is 10.2. The summed E-state index contributed by atoms with van der Waals surface area (Å²) < 4.78 is 6.00. The Bertz CT molecular complexity index is 652. The molecule has 0 spiro atoms. The predicted molar refractivity (Wildman–Crippen MR) is 88.8 cm³/mol. The average molecular weight is 330 g/mol. The fourth-order valence-corrected chi connectivity index (χ4v) is 3.07. The first kappa shape index (κ1) is 16.8. The summed E-state index contributed by atoms with van der Waals surface area (Å²) in [7, 11) is 0. The Morgan fingerprint density at radius 3 is 2.08 bits per heavy atom. The lowest BCUT2D eigenvalue weighted by Crippen LogP contribution is -2.43. The molecule has 0 radical (unpaired) electrons. The van der Waals surface area contributed by atoms with Gasteiger partial charge in [-0.2, -0.15) is 0 Å². The van der Waals surface area contributed by atoms with E-state index >= 15 is 0 Å². The van der Waals surface area contributed by atoms with Crippen molar-refractivity contribution in [2.75, 3.05) is 0 Å². The van der Waals surface area contributed by atoms with Crippen LogP contribution in [-0.4, -0.2) is 38.7 Å². The van der Waals surface area contributed by atoms with Crippen LogP contribution in [0.25, 0.3) is 0 Å². The molecule has 0 amide bonds. The second-order valence-electron chi connectivity index (χ2n) is 6.27. The van der Waals surface area contributed by atoms with Gasteiger partial charge in [-0.1, -0.05) is 24.3 Å². The summed E-state index contributed by atoms with van der Waals surface area (Å²) in [6, 6.07) is 13.5. The zero-order chi connectivity index (χ0) is 17.1. The molecule has 3 rings (SSSR count). The Kier molecular flexibility index (Phi) is 5.04. The maximum absolute atomic E-state index is 10.2. The standard InChI is InChI=1S/C19H22O5/c20-14-6-1-12(2-7-14)3-10-16-11-17(22)18(23)19(24-16)13-4-8-15(21)9-5-13/h1-2,4-9,16-23H,3,10-11H2/t16-,17+,18-,19+/m0/s1. The van der Waals surface area contributed by atoms with E-state index in [1.807, 2.05) is 12.1 Å². The lowest BCUT2D eigenvalue weighted by molar-refractivity contribution is -0.172. The van der Waals surface area contributed by atoms with Gasteiger partial charge in [0.15, 0.2) is 0 Å². The van der Waals surface area contributed by atoms with Crippen molar-refractivity contribution in [3.05, 3.63) is 59.7 Å². The van der Waals surface area contributed by atoms with E-state index in [9.17, 15) is 20.4 Å². The Labute approximate surface area is 140 Å². The van der Waals surface area contributed by atoms with Crippen molar-refractivity contribution in [3.8, 4) is 11.5 Å². The second-order valence-corrected chi connectivity index (χ2v) is 6.27. The summed E-state index contributed by atoms with van der Waals surface area (Å²) in [5, 5.41) is 39.1. The van der Waals surface area contributed by atoms with Crippen LogP contribution >= 0.6 is 0 Å². The van der Waals surface area contributed by atoms with Crippen molar-refractivity contribution < 1.29 is 25.2 Å². The van der Waals surface area contributed by atoms with Gasteiger partial charge in [-0.3, -0.25) is 0 Å². The zero-order valence-electron chi connectivity index (χ0n) is 13.2. The second kappa shape index (κ2) is 7.21. The van der Waals surface area contributed by atoms with Crippen LogP contribution in [0.3, 0.4) is 0 Å². The van der Waals surface area contributed by atoms with Gasteiger partial charge in [0.2, 0.25) is 0 Å². The quantitative estimate of drug-likeness (QED) is 0.690. The predicted octanol–water partition coefficient (Wildman–Crippen LogP) is 2.28. The van der Waals surface area contributed by atoms with Crippen molar-refractivity contribution in [2.45, 2.75) is 43.7 Å². The van der Waals surface area contributed by atoms with Crippen molar-refractivity contribution in [1.29, 1.82) is 0 Å². The number of phenols is 2. The summed E-state index contributed by atoms with van der Waals surface area (Å²) in [5.74, 6) is 0.382. The minimum atomic E-state index is -0.987. The Morgan fingerprint density at radius 1 is 0.875 bits per heavy atom. The number of phenolic OH excluding ortho intramolecular Hbond substituents is 2. The van der Waals surface area contributed by atoms with E-state index in [1.54, 1.807) is 24.3 Å². The molecule has 2 aromatic rings. The summed E-state index contributed by atoms with van der Waals surface area (Å²) in [4.78, 5) is 0. The molecule has 0 aromatic heterocycles. The van der Waals surface area contributed by atoms with Crippen LogP contribution in [0.1, 0.15) is 30.1 Å². The molecular formula is C19H22O5. The first-order valence-electron chi connectivity index (χ1n) is 8.11. The van der Waals surface area contributed by atoms with Crippen molar-refractivity contribution >= 4 is 0 Å². The van der Waals surface area contributed by atoms with Crippen molar-refractivity contribution in [1.82, 2.24) is 0 Å². The molecule has 128 valence electrons. The van der Waals surface area contributed by atoms with Crippen LogP contribution in [0.4, 0.5) is 0 Å². The van der Waals surface area contributed by atoms with Crippen molar-refractivity contribution in [3.63, 3.8) is 0 Å². The highest BCUT2D eigenvalue weighted by molar-refractivity contribution is 5.29.